The van der Waals surface area contributed by atoms with Gasteiger partial charge in [0.15, 0.2) is 0 Å². The fourth-order valence-electron chi connectivity index (χ4n) is 1.75. The van der Waals surface area contributed by atoms with Crippen LogP contribution in [0.5, 0.6) is 0 Å². The van der Waals surface area contributed by atoms with E-state index in [1.165, 1.54) is 11.1 Å². The lowest BCUT2D eigenvalue weighted by atomic mass is 9.95. The Morgan fingerprint density at radius 2 is 2.07 bits per heavy atom. The molecule has 2 nitrogen and oxygen atoms in total. The Hall–Kier alpha value is -0.860. The predicted molar refractivity (Wildman–Crippen MR) is 57.3 cm³/mol. The number of hydrogen-bond donors (Lipinski definition) is 2. The van der Waals surface area contributed by atoms with Crippen LogP contribution in [0.4, 0.5) is 0 Å². The summed E-state index contributed by atoms with van der Waals surface area (Å²) in [7, 11) is 0. The van der Waals surface area contributed by atoms with Crippen LogP contribution in [0.3, 0.4) is 0 Å². The first-order valence-corrected chi connectivity index (χ1v) is 5.23. The van der Waals surface area contributed by atoms with Gasteiger partial charge in [-0.15, -0.1) is 0 Å². The summed E-state index contributed by atoms with van der Waals surface area (Å²) < 4.78 is 0. The van der Waals surface area contributed by atoms with Gasteiger partial charge in [0, 0.05) is 6.04 Å². The van der Waals surface area contributed by atoms with Crippen molar-refractivity contribution in [2.45, 2.75) is 31.9 Å². The summed E-state index contributed by atoms with van der Waals surface area (Å²) in [6, 6.07) is 8.69. The highest BCUT2D eigenvalue weighted by atomic mass is 16.3. The van der Waals surface area contributed by atoms with Crippen molar-refractivity contribution >= 4 is 0 Å². The SMILES string of the molecule is Cc1ccc(CC(O)C2CCN2)cc1. The molecule has 2 N–H and O–H groups in total. The molecule has 0 aliphatic carbocycles. The lowest BCUT2D eigenvalue weighted by Gasteiger charge is -2.32. The summed E-state index contributed by atoms with van der Waals surface area (Å²) in [6.45, 7) is 3.13. The van der Waals surface area contributed by atoms with Gasteiger partial charge in [-0.25, -0.2) is 0 Å². The van der Waals surface area contributed by atoms with E-state index in [0.29, 0.717) is 6.04 Å². The molecule has 2 unspecified atom stereocenters. The number of benzene rings is 1. The maximum Gasteiger partial charge on any atom is 0.0733 e. The first kappa shape index (κ1) is 9.69. The van der Waals surface area contributed by atoms with Crippen LogP contribution in [0.1, 0.15) is 17.5 Å². The molecule has 1 saturated heterocycles. The van der Waals surface area contributed by atoms with Crippen LogP contribution >= 0.6 is 0 Å². The topological polar surface area (TPSA) is 32.3 Å². The highest BCUT2D eigenvalue weighted by molar-refractivity contribution is 5.22. The molecular weight excluding hydrogens is 174 g/mol. The Kier molecular flexibility index (Phi) is 2.85. The predicted octanol–water partition coefficient (Wildman–Crippen LogP) is 1.26. The third kappa shape index (κ3) is 2.14. The van der Waals surface area contributed by atoms with Crippen molar-refractivity contribution in [3.8, 4) is 0 Å². The zero-order chi connectivity index (χ0) is 9.97. The molecule has 1 aliphatic heterocycles. The van der Waals surface area contributed by atoms with Crippen molar-refractivity contribution in [2.24, 2.45) is 0 Å². The Morgan fingerprint density at radius 3 is 2.57 bits per heavy atom. The van der Waals surface area contributed by atoms with E-state index in [4.69, 9.17) is 0 Å². The van der Waals surface area contributed by atoms with Gasteiger partial charge in [0.05, 0.1) is 6.10 Å². The minimum Gasteiger partial charge on any atom is -0.391 e. The van der Waals surface area contributed by atoms with E-state index in [2.05, 4.69) is 36.5 Å². The monoisotopic (exact) mass is 191 g/mol. The molecule has 76 valence electrons. The summed E-state index contributed by atoms with van der Waals surface area (Å²) in [5.74, 6) is 0. The number of aliphatic hydroxyl groups excluding tert-OH is 1. The standard InChI is InChI=1S/C12H17NO/c1-9-2-4-10(5-3-9)8-12(14)11-6-7-13-11/h2-5,11-14H,6-8H2,1H3. The Bertz CT molecular complexity index is 290. The van der Waals surface area contributed by atoms with Crippen molar-refractivity contribution in [3.63, 3.8) is 0 Å². The molecule has 1 aromatic rings. The van der Waals surface area contributed by atoms with Crippen LogP contribution in [-0.4, -0.2) is 23.8 Å². The fraction of sp³-hybridized carbons (Fsp3) is 0.500. The zero-order valence-corrected chi connectivity index (χ0v) is 8.53. The van der Waals surface area contributed by atoms with E-state index < -0.39 is 0 Å². The van der Waals surface area contributed by atoms with E-state index in [9.17, 15) is 5.11 Å². The van der Waals surface area contributed by atoms with Gasteiger partial charge in [-0.2, -0.15) is 0 Å². The molecule has 1 aromatic carbocycles. The molecule has 2 heteroatoms. The fourth-order valence-corrected chi connectivity index (χ4v) is 1.75. The van der Waals surface area contributed by atoms with E-state index in [0.717, 1.165) is 19.4 Å². The van der Waals surface area contributed by atoms with Crippen molar-refractivity contribution in [2.75, 3.05) is 6.54 Å². The lowest BCUT2D eigenvalue weighted by Crippen LogP contribution is -2.51. The third-order valence-corrected chi connectivity index (χ3v) is 2.89. The van der Waals surface area contributed by atoms with E-state index in [1.54, 1.807) is 0 Å². The molecule has 0 radical (unpaired) electrons. The second kappa shape index (κ2) is 4.11. The number of aliphatic hydroxyl groups is 1. The zero-order valence-electron chi connectivity index (χ0n) is 8.53. The van der Waals surface area contributed by atoms with E-state index >= 15 is 0 Å². The Balaban J connectivity index is 1.92. The van der Waals surface area contributed by atoms with Gasteiger partial charge >= 0.3 is 0 Å². The average molecular weight is 191 g/mol. The number of aryl methyl sites for hydroxylation is 1. The van der Waals surface area contributed by atoms with Crippen molar-refractivity contribution in [3.05, 3.63) is 35.4 Å². The largest absolute Gasteiger partial charge is 0.391 e. The molecule has 0 saturated carbocycles. The molecule has 1 heterocycles. The number of rotatable bonds is 3. The number of nitrogens with one attached hydrogen (secondary N) is 1. The first-order chi connectivity index (χ1) is 6.75. The molecule has 2 rings (SSSR count). The smallest absolute Gasteiger partial charge is 0.0733 e. The summed E-state index contributed by atoms with van der Waals surface area (Å²) >= 11 is 0. The van der Waals surface area contributed by atoms with E-state index in [1.807, 2.05) is 0 Å². The maximum atomic E-state index is 9.83. The van der Waals surface area contributed by atoms with Gasteiger partial charge < -0.3 is 10.4 Å². The van der Waals surface area contributed by atoms with Gasteiger partial charge in [0.25, 0.3) is 0 Å². The van der Waals surface area contributed by atoms with Gasteiger partial charge in [0.2, 0.25) is 0 Å². The molecular formula is C12H17NO. The average Bonchev–Trinajstić information content (AvgIpc) is 2.06. The number of hydrogen-bond acceptors (Lipinski definition) is 2. The summed E-state index contributed by atoms with van der Waals surface area (Å²) in [5.41, 5.74) is 2.49. The van der Waals surface area contributed by atoms with E-state index in [-0.39, 0.29) is 6.10 Å². The van der Waals surface area contributed by atoms with Crippen LogP contribution in [-0.2, 0) is 6.42 Å². The molecule has 1 fully saturated rings. The minimum absolute atomic E-state index is 0.230. The van der Waals surface area contributed by atoms with Crippen LogP contribution in [0.25, 0.3) is 0 Å². The molecule has 14 heavy (non-hydrogen) atoms. The Morgan fingerprint density at radius 1 is 1.43 bits per heavy atom. The van der Waals surface area contributed by atoms with Crippen molar-refractivity contribution in [1.29, 1.82) is 0 Å². The van der Waals surface area contributed by atoms with Crippen molar-refractivity contribution < 1.29 is 5.11 Å². The summed E-state index contributed by atoms with van der Waals surface area (Å²) in [5, 5.41) is 13.1. The molecule has 0 spiro atoms. The molecule has 2 atom stereocenters. The van der Waals surface area contributed by atoms with Gasteiger partial charge in [-0.05, 0) is 31.9 Å². The second-order valence-electron chi connectivity index (χ2n) is 4.11. The minimum atomic E-state index is -0.230. The first-order valence-electron chi connectivity index (χ1n) is 5.23. The molecule has 0 amide bonds. The van der Waals surface area contributed by atoms with Gasteiger partial charge in [-0.3, -0.25) is 0 Å². The van der Waals surface area contributed by atoms with Crippen LogP contribution < -0.4 is 5.32 Å². The normalized spacial score (nSPS) is 22.9. The lowest BCUT2D eigenvalue weighted by molar-refractivity contribution is 0.0956. The quantitative estimate of drug-likeness (QED) is 0.754. The summed E-state index contributed by atoms with van der Waals surface area (Å²) in [6.07, 6.45) is 1.64. The highest BCUT2D eigenvalue weighted by Crippen LogP contribution is 2.13. The van der Waals surface area contributed by atoms with Gasteiger partial charge in [-0.1, -0.05) is 29.8 Å². The molecule has 0 bridgehead atoms. The second-order valence-corrected chi connectivity index (χ2v) is 4.11. The van der Waals surface area contributed by atoms with Crippen molar-refractivity contribution in [1.82, 2.24) is 5.32 Å². The van der Waals surface area contributed by atoms with Gasteiger partial charge in [0.1, 0.15) is 0 Å². The van der Waals surface area contributed by atoms with Crippen LogP contribution in [0, 0.1) is 6.92 Å². The third-order valence-electron chi connectivity index (χ3n) is 2.89. The van der Waals surface area contributed by atoms with Crippen LogP contribution in [0.15, 0.2) is 24.3 Å². The molecule has 0 aromatic heterocycles. The molecule has 1 aliphatic rings. The maximum absolute atomic E-state index is 9.83. The van der Waals surface area contributed by atoms with Crippen LogP contribution in [0.2, 0.25) is 0 Å². The highest BCUT2D eigenvalue weighted by Gasteiger charge is 2.24. The Labute approximate surface area is 85.0 Å². The summed E-state index contributed by atoms with van der Waals surface area (Å²) in [4.78, 5) is 0.